The molecule has 148 valence electrons. The van der Waals surface area contributed by atoms with E-state index in [-0.39, 0.29) is 36.2 Å². The van der Waals surface area contributed by atoms with Gasteiger partial charge in [-0.25, -0.2) is 0 Å². The molecule has 2 nitrogen and oxygen atoms in total. The second-order valence-electron chi connectivity index (χ2n) is 8.03. The van der Waals surface area contributed by atoms with Crippen LogP contribution in [0.2, 0.25) is 0 Å². The molecule has 1 saturated carbocycles. The third-order valence-corrected chi connectivity index (χ3v) is 5.92. The van der Waals surface area contributed by atoms with Gasteiger partial charge in [-0.1, -0.05) is 39.7 Å². The largest absolute Gasteiger partial charge is 0.508 e. The smallest absolute Gasteiger partial charge is 0.391 e. The highest BCUT2D eigenvalue weighted by molar-refractivity contribution is 5.51. The summed E-state index contributed by atoms with van der Waals surface area (Å²) in [7, 11) is 0. The molecule has 5 heteroatoms. The van der Waals surface area contributed by atoms with Gasteiger partial charge in [0.05, 0.1) is 5.92 Å². The molecule has 1 aliphatic carbocycles. The van der Waals surface area contributed by atoms with Crippen LogP contribution >= 0.6 is 0 Å². The maximum Gasteiger partial charge on any atom is 0.391 e. The number of hydrogen-bond acceptors (Lipinski definition) is 2. The number of unbranched alkanes of at least 4 members (excludes halogenated alkanes) is 2. The zero-order valence-electron chi connectivity index (χ0n) is 15.9. The number of aromatic hydroxyl groups is 2. The van der Waals surface area contributed by atoms with E-state index in [1.54, 1.807) is 6.07 Å². The normalized spacial score (nSPS) is 24.2. The van der Waals surface area contributed by atoms with E-state index in [0.29, 0.717) is 18.4 Å². The first-order chi connectivity index (χ1) is 12.2. The number of hydrogen-bond donors (Lipinski definition) is 2. The Kier molecular flexibility index (Phi) is 6.86. The third kappa shape index (κ3) is 4.66. The zero-order valence-corrected chi connectivity index (χ0v) is 15.9. The standard InChI is InChI=1S/C21H31F3O2/c1-4-5-6-7-14-8-11-18(25)19(20(14)26)17-12-15(21(22,23)24)9-10-16(17)13(2)3/h8,11,13,15-17,25-26H,4-7,9-10,12H2,1-3H3/t15?,16-,17+/m0/s1. The van der Waals surface area contributed by atoms with Crippen molar-refractivity contribution in [3.05, 3.63) is 23.3 Å². The molecule has 1 fully saturated rings. The van der Waals surface area contributed by atoms with Crippen LogP contribution in [0.25, 0.3) is 0 Å². The monoisotopic (exact) mass is 372 g/mol. The molecule has 0 aromatic heterocycles. The summed E-state index contributed by atoms with van der Waals surface area (Å²) in [6.07, 6.45) is -0.0324. The molecule has 0 bridgehead atoms. The van der Waals surface area contributed by atoms with E-state index in [4.69, 9.17) is 0 Å². The summed E-state index contributed by atoms with van der Waals surface area (Å²) in [6, 6.07) is 3.23. The van der Waals surface area contributed by atoms with Gasteiger partial charge in [0.1, 0.15) is 11.5 Å². The molecule has 0 radical (unpaired) electrons. The van der Waals surface area contributed by atoms with Crippen molar-refractivity contribution >= 4 is 0 Å². The van der Waals surface area contributed by atoms with Gasteiger partial charge in [-0.05, 0) is 61.5 Å². The average Bonchev–Trinajstić information content (AvgIpc) is 2.56. The van der Waals surface area contributed by atoms with Crippen molar-refractivity contribution in [3.8, 4) is 11.5 Å². The maximum absolute atomic E-state index is 13.3. The summed E-state index contributed by atoms with van der Waals surface area (Å²) in [4.78, 5) is 0. The molecule has 0 heterocycles. The Balaban J connectivity index is 2.38. The number of rotatable bonds is 6. The van der Waals surface area contributed by atoms with Gasteiger partial charge in [-0.3, -0.25) is 0 Å². The van der Waals surface area contributed by atoms with Crippen LogP contribution in [0.1, 0.15) is 76.3 Å². The average molecular weight is 372 g/mol. The highest BCUT2D eigenvalue weighted by Gasteiger charge is 2.46. The van der Waals surface area contributed by atoms with Gasteiger partial charge in [0.15, 0.2) is 0 Å². The number of alkyl halides is 3. The minimum Gasteiger partial charge on any atom is -0.508 e. The van der Waals surface area contributed by atoms with E-state index in [1.807, 2.05) is 13.8 Å². The lowest BCUT2D eigenvalue weighted by atomic mass is 9.66. The SMILES string of the molecule is CCCCCc1ccc(O)c([C@@H]2CC(C(F)(F)F)CC[C@H]2C(C)C)c1O. The first kappa shape index (κ1) is 20.9. The van der Waals surface area contributed by atoms with Crippen molar-refractivity contribution in [2.24, 2.45) is 17.8 Å². The lowest BCUT2D eigenvalue weighted by Gasteiger charge is -2.40. The van der Waals surface area contributed by atoms with Crippen LogP contribution in [0.3, 0.4) is 0 Å². The van der Waals surface area contributed by atoms with Gasteiger partial charge in [0.25, 0.3) is 0 Å². The van der Waals surface area contributed by atoms with E-state index < -0.39 is 18.0 Å². The minimum atomic E-state index is -4.23. The van der Waals surface area contributed by atoms with Crippen LogP contribution in [0, 0.1) is 17.8 Å². The number of halogens is 3. The Morgan fingerprint density at radius 3 is 2.38 bits per heavy atom. The molecule has 1 aromatic carbocycles. The van der Waals surface area contributed by atoms with Gasteiger partial charge in [0.2, 0.25) is 0 Å². The summed E-state index contributed by atoms with van der Waals surface area (Å²) in [5.41, 5.74) is 1.05. The molecule has 1 aromatic rings. The second-order valence-corrected chi connectivity index (χ2v) is 8.03. The number of aryl methyl sites for hydroxylation is 1. The molecule has 3 atom stereocenters. The van der Waals surface area contributed by atoms with Gasteiger partial charge in [-0.2, -0.15) is 13.2 Å². The predicted octanol–water partition coefficient (Wildman–Crippen LogP) is 6.55. The second kappa shape index (κ2) is 8.53. The van der Waals surface area contributed by atoms with E-state index >= 15 is 0 Å². The summed E-state index contributed by atoms with van der Waals surface area (Å²) in [5.74, 6) is -1.71. The van der Waals surface area contributed by atoms with Gasteiger partial charge in [-0.15, -0.1) is 0 Å². The summed E-state index contributed by atoms with van der Waals surface area (Å²) in [5, 5.41) is 21.2. The first-order valence-corrected chi connectivity index (χ1v) is 9.77. The Bertz CT molecular complexity index is 596. The fourth-order valence-electron chi connectivity index (χ4n) is 4.40. The van der Waals surface area contributed by atoms with E-state index in [2.05, 4.69) is 6.92 Å². The molecule has 26 heavy (non-hydrogen) atoms. The van der Waals surface area contributed by atoms with Crippen molar-refractivity contribution in [1.29, 1.82) is 0 Å². The van der Waals surface area contributed by atoms with Crippen molar-refractivity contribution in [1.82, 2.24) is 0 Å². The fraction of sp³-hybridized carbons (Fsp3) is 0.714. The van der Waals surface area contributed by atoms with Crippen LogP contribution in [0.4, 0.5) is 13.2 Å². The van der Waals surface area contributed by atoms with E-state index in [1.165, 1.54) is 6.07 Å². The Morgan fingerprint density at radius 2 is 1.81 bits per heavy atom. The van der Waals surface area contributed by atoms with Crippen molar-refractivity contribution < 1.29 is 23.4 Å². The number of phenols is 2. The summed E-state index contributed by atoms with van der Waals surface area (Å²) < 4.78 is 40.0. The Labute approximate surface area is 154 Å². The Hall–Kier alpha value is -1.39. The molecule has 0 aliphatic heterocycles. The quantitative estimate of drug-likeness (QED) is 0.556. The lowest BCUT2D eigenvalue weighted by molar-refractivity contribution is -0.186. The highest BCUT2D eigenvalue weighted by atomic mass is 19.4. The molecule has 0 amide bonds. The van der Waals surface area contributed by atoms with Gasteiger partial charge in [0, 0.05) is 5.56 Å². The molecule has 0 saturated heterocycles. The highest BCUT2D eigenvalue weighted by Crippen LogP contribution is 2.52. The predicted molar refractivity (Wildman–Crippen MR) is 97.5 cm³/mol. The molecule has 1 aliphatic rings. The van der Waals surface area contributed by atoms with Crippen LogP contribution in [-0.4, -0.2) is 16.4 Å². The summed E-state index contributed by atoms with van der Waals surface area (Å²) >= 11 is 0. The number of phenolic OH excluding ortho intramolecular Hbond substituents is 2. The molecule has 1 unspecified atom stereocenters. The van der Waals surface area contributed by atoms with Crippen molar-refractivity contribution in [2.45, 2.75) is 77.8 Å². The zero-order chi connectivity index (χ0) is 19.5. The van der Waals surface area contributed by atoms with Crippen LogP contribution in [0.15, 0.2) is 12.1 Å². The Morgan fingerprint density at radius 1 is 1.12 bits per heavy atom. The maximum atomic E-state index is 13.3. The molecule has 2 N–H and O–H groups in total. The molecular formula is C21H31F3O2. The first-order valence-electron chi connectivity index (χ1n) is 9.77. The fourth-order valence-corrected chi connectivity index (χ4v) is 4.40. The van der Waals surface area contributed by atoms with Gasteiger partial charge < -0.3 is 10.2 Å². The van der Waals surface area contributed by atoms with Crippen molar-refractivity contribution in [3.63, 3.8) is 0 Å². The van der Waals surface area contributed by atoms with Crippen LogP contribution in [-0.2, 0) is 6.42 Å². The molecule has 0 spiro atoms. The van der Waals surface area contributed by atoms with Crippen molar-refractivity contribution in [2.75, 3.05) is 0 Å². The topological polar surface area (TPSA) is 40.5 Å². The third-order valence-electron chi connectivity index (χ3n) is 5.92. The summed E-state index contributed by atoms with van der Waals surface area (Å²) in [6.45, 7) is 6.10. The van der Waals surface area contributed by atoms with Crippen LogP contribution in [0.5, 0.6) is 11.5 Å². The van der Waals surface area contributed by atoms with E-state index in [0.717, 1.165) is 24.8 Å². The molecular weight excluding hydrogens is 341 g/mol. The lowest BCUT2D eigenvalue weighted by Crippen LogP contribution is -2.34. The van der Waals surface area contributed by atoms with Crippen LogP contribution < -0.4 is 0 Å². The van der Waals surface area contributed by atoms with E-state index in [9.17, 15) is 23.4 Å². The minimum absolute atomic E-state index is 0.000391. The van der Waals surface area contributed by atoms with Gasteiger partial charge >= 0.3 is 6.18 Å². The number of benzene rings is 1. The molecule has 2 rings (SSSR count).